The number of rotatable bonds is 4. The number of hydrogen-bond donors (Lipinski definition) is 1. The number of anilines is 1. The van der Waals surface area contributed by atoms with Crippen LogP contribution < -0.4 is 15.7 Å². The molecule has 0 aliphatic heterocycles. The highest BCUT2D eigenvalue weighted by Crippen LogP contribution is 2.20. The van der Waals surface area contributed by atoms with Crippen molar-refractivity contribution in [3.05, 3.63) is 70.1 Å². The van der Waals surface area contributed by atoms with Gasteiger partial charge in [-0.15, -0.1) is 0 Å². The number of hydrogen-bond acceptors (Lipinski definition) is 4. The third-order valence-electron chi connectivity index (χ3n) is 3.81. The summed E-state index contributed by atoms with van der Waals surface area (Å²) < 4.78 is 10.3. The first-order valence-electron chi connectivity index (χ1n) is 7.63. The summed E-state index contributed by atoms with van der Waals surface area (Å²) in [5.41, 5.74) is 1.47. The van der Waals surface area contributed by atoms with E-state index in [1.807, 2.05) is 24.3 Å². The standard InChI is InChI=1S/C19H17NO4/c1-3-12-4-7-14(8-5-12)20-18(21)16-10-13-6-9-15(23-2)11-17(13)24-19(16)22/h4-11H,3H2,1-2H3,(H,20,21). The number of carbonyl (C=O) groups excluding carboxylic acids is 1. The van der Waals surface area contributed by atoms with Gasteiger partial charge in [-0.05, 0) is 42.3 Å². The highest BCUT2D eigenvalue weighted by Gasteiger charge is 2.14. The summed E-state index contributed by atoms with van der Waals surface area (Å²) in [6.45, 7) is 2.06. The molecule has 0 saturated heterocycles. The molecule has 0 bridgehead atoms. The van der Waals surface area contributed by atoms with Crippen molar-refractivity contribution in [2.75, 3.05) is 12.4 Å². The van der Waals surface area contributed by atoms with Crippen LogP contribution in [-0.2, 0) is 6.42 Å². The van der Waals surface area contributed by atoms with E-state index in [9.17, 15) is 9.59 Å². The lowest BCUT2D eigenvalue weighted by Crippen LogP contribution is -2.20. The summed E-state index contributed by atoms with van der Waals surface area (Å²) >= 11 is 0. The molecule has 0 saturated carbocycles. The Morgan fingerprint density at radius 2 is 1.88 bits per heavy atom. The molecule has 0 unspecified atom stereocenters. The zero-order chi connectivity index (χ0) is 17.1. The van der Waals surface area contributed by atoms with Crippen molar-refractivity contribution in [1.82, 2.24) is 0 Å². The first-order valence-corrected chi connectivity index (χ1v) is 7.63. The highest BCUT2D eigenvalue weighted by molar-refractivity contribution is 6.05. The predicted octanol–water partition coefficient (Wildman–Crippen LogP) is 3.62. The van der Waals surface area contributed by atoms with Gasteiger partial charge < -0.3 is 14.5 Å². The molecule has 1 amide bonds. The first kappa shape index (κ1) is 15.8. The minimum absolute atomic E-state index is 0.0350. The Kier molecular flexibility index (Phi) is 4.33. The number of amides is 1. The molecule has 5 heteroatoms. The summed E-state index contributed by atoms with van der Waals surface area (Å²) in [6, 6.07) is 14.1. The van der Waals surface area contributed by atoms with Gasteiger partial charge in [0.2, 0.25) is 0 Å². The van der Waals surface area contributed by atoms with Gasteiger partial charge >= 0.3 is 5.63 Å². The number of benzene rings is 2. The largest absolute Gasteiger partial charge is 0.497 e. The third-order valence-corrected chi connectivity index (χ3v) is 3.81. The van der Waals surface area contributed by atoms with Crippen molar-refractivity contribution in [3.63, 3.8) is 0 Å². The number of fused-ring (bicyclic) bond motifs is 1. The monoisotopic (exact) mass is 323 g/mol. The average Bonchev–Trinajstić information content (AvgIpc) is 2.61. The lowest BCUT2D eigenvalue weighted by atomic mass is 10.1. The van der Waals surface area contributed by atoms with E-state index in [4.69, 9.17) is 9.15 Å². The average molecular weight is 323 g/mol. The molecule has 2 aromatic carbocycles. The normalized spacial score (nSPS) is 10.6. The van der Waals surface area contributed by atoms with E-state index in [2.05, 4.69) is 12.2 Å². The van der Waals surface area contributed by atoms with Crippen molar-refractivity contribution in [2.24, 2.45) is 0 Å². The third kappa shape index (κ3) is 3.15. The van der Waals surface area contributed by atoms with Gasteiger partial charge in [0.1, 0.15) is 16.9 Å². The molecule has 1 aromatic heterocycles. The Morgan fingerprint density at radius 3 is 2.54 bits per heavy atom. The van der Waals surface area contributed by atoms with Crippen LogP contribution in [0.3, 0.4) is 0 Å². The lowest BCUT2D eigenvalue weighted by Gasteiger charge is -2.06. The predicted molar refractivity (Wildman–Crippen MR) is 92.8 cm³/mol. The fraction of sp³-hybridized carbons (Fsp3) is 0.158. The molecule has 0 aliphatic rings. The minimum Gasteiger partial charge on any atom is -0.497 e. The van der Waals surface area contributed by atoms with Gasteiger partial charge in [-0.3, -0.25) is 4.79 Å². The van der Waals surface area contributed by atoms with Crippen LogP contribution in [0.5, 0.6) is 5.75 Å². The molecule has 0 radical (unpaired) electrons. The number of nitrogens with one attached hydrogen (secondary N) is 1. The topological polar surface area (TPSA) is 68.5 Å². The molecule has 0 aliphatic carbocycles. The zero-order valence-electron chi connectivity index (χ0n) is 13.5. The Morgan fingerprint density at radius 1 is 1.12 bits per heavy atom. The van der Waals surface area contributed by atoms with Crippen molar-refractivity contribution in [3.8, 4) is 5.75 Å². The fourth-order valence-electron chi connectivity index (χ4n) is 2.40. The van der Waals surface area contributed by atoms with E-state index in [1.165, 1.54) is 18.7 Å². The van der Waals surface area contributed by atoms with E-state index < -0.39 is 11.5 Å². The van der Waals surface area contributed by atoms with Gasteiger partial charge in [0.25, 0.3) is 5.91 Å². The first-order chi connectivity index (χ1) is 11.6. The molecule has 1 N–H and O–H groups in total. The molecule has 1 heterocycles. The summed E-state index contributed by atoms with van der Waals surface area (Å²) in [5, 5.41) is 3.37. The lowest BCUT2D eigenvalue weighted by molar-refractivity contribution is 0.102. The Hall–Kier alpha value is -3.08. The van der Waals surface area contributed by atoms with E-state index in [-0.39, 0.29) is 5.56 Å². The molecule has 0 spiro atoms. The molecule has 122 valence electrons. The molecule has 0 atom stereocenters. The van der Waals surface area contributed by atoms with Crippen LogP contribution in [0.1, 0.15) is 22.8 Å². The number of methoxy groups -OCH3 is 1. The summed E-state index contributed by atoms with van der Waals surface area (Å²) in [4.78, 5) is 24.5. The van der Waals surface area contributed by atoms with Crippen LogP contribution >= 0.6 is 0 Å². The van der Waals surface area contributed by atoms with Crippen molar-refractivity contribution >= 4 is 22.6 Å². The minimum atomic E-state index is -0.682. The van der Waals surface area contributed by atoms with Crippen LogP contribution in [0.4, 0.5) is 5.69 Å². The zero-order valence-corrected chi connectivity index (χ0v) is 13.5. The molecule has 24 heavy (non-hydrogen) atoms. The quantitative estimate of drug-likeness (QED) is 0.745. The smallest absolute Gasteiger partial charge is 0.349 e. The van der Waals surface area contributed by atoms with E-state index >= 15 is 0 Å². The molecule has 0 fully saturated rings. The van der Waals surface area contributed by atoms with E-state index in [1.54, 1.807) is 18.2 Å². The summed E-state index contributed by atoms with van der Waals surface area (Å²) in [5.74, 6) is 0.0876. The van der Waals surface area contributed by atoms with Crippen LogP contribution in [0.15, 0.2) is 57.7 Å². The maximum atomic E-state index is 12.4. The van der Waals surface area contributed by atoms with Crippen molar-refractivity contribution < 1.29 is 13.9 Å². The van der Waals surface area contributed by atoms with E-state index in [0.717, 1.165) is 6.42 Å². The molecule has 5 nitrogen and oxygen atoms in total. The van der Waals surface area contributed by atoms with Gasteiger partial charge in [-0.2, -0.15) is 0 Å². The van der Waals surface area contributed by atoms with Crippen LogP contribution in [0.25, 0.3) is 11.0 Å². The number of ether oxygens (including phenoxy) is 1. The molecule has 3 rings (SSSR count). The van der Waals surface area contributed by atoms with Crippen molar-refractivity contribution in [2.45, 2.75) is 13.3 Å². The van der Waals surface area contributed by atoms with Crippen molar-refractivity contribution in [1.29, 1.82) is 0 Å². The van der Waals surface area contributed by atoms with Gasteiger partial charge in [-0.1, -0.05) is 19.1 Å². The van der Waals surface area contributed by atoms with Crippen LogP contribution in [-0.4, -0.2) is 13.0 Å². The maximum Gasteiger partial charge on any atom is 0.349 e. The Labute approximate surface area is 138 Å². The molecule has 3 aromatic rings. The Bertz CT molecular complexity index is 942. The molecular weight excluding hydrogens is 306 g/mol. The van der Waals surface area contributed by atoms with Gasteiger partial charge in [0.15, 0.2) is 0 Å². The highest BCUT2D eigenvalue weighted by atomic mass is 16.5. The van der Waals surface area contributed by atoms with Gasteiger partial charge in [-0.25, -0.2) is 4.79 Å². The second-order valence-electron chi connectivity index (χ2n) is 5.36. The molecular formula is C19H17NO4. The van der Waals surface area contributed by atoms with Gasteiger partial charge in [0, 0.05) is 17.1 Å². The Balaban J connectivity index is 1.91. The van der Waals surface area contributed by atoms with Crippen LogP contribution in [0, 0.1) is 0 Å². The number of aryl methyl sites for hydroxylation is 1. The van der Waals surface area contributed by atoms with Crippen LogP contribution in [0.2, 0.25) is 0 Å². The van der Waals surface area contributed by atoms with E-state index in [0.29, 0.717) is 22.4 Å². The maximum absolute atomic E-state index is 12.4. The SMILES string of the molecule is CCc1ccc(NC(=O)c2cc3ccc(OC)cc3oc2=O)cc1. The van der Waals surface area contributed by atoms with Gasteiger partial charge in [0.05, 0.1) is 7.11 Å². The second kappa shape index (κ2) is 6.58. The summed E-state index contributed by atoms with van der Waals surface area (Å²) in [7, 11) is 1.53. The summed E-state index contributed by atoms with van der Waals surface area (Å²) in [6.07, 6.45) is 0.923. The fourth-order valence-corrected chi connectivity index (χ4v) is 2.40. The number of carbonyl (C=O) groups is 1. The second-order valence-corrected chi connectivity index (χ2v) is 5.36.